The summed E-state index contributed by atoms with van der Waals surface area (Å²) in [6.07, 6.45) is 3.56. The molecule has 0 bridgehead atoms. The zero-order valence-corrected chi connectivity index (χ0v) is 11.3. The van der Waals surface area contributed by atoms with E-state index in [9.17, 15) is 9.00 Å². The van der Waals surface area contributed by atoms with Crippen molar-refractivity contribution in [1.29, 1.82) is 0 Å². The molecule has 1 heterocycles. The predicted molar refractivity (Wildman–Crippen MR) is 66.5 cm³/mol. The fourth-order valence-electron chi connectivity index (χ4n) is 2.13. The Labute approximate surface area is 100 Å². The van der Waals surface area contributed by atoms with Gasteiger partial charge in [-0.2, -0.15) is 0 Å². The lowest BCUT2D eigenvalue weighted by atomic mass is 10.2. The van der Waals surface area contributed by atoms with Crippen LogP contribution in [0.25, 0.3) is 0 Å². The Hall–Kier alpha value is -0.420. The minimum absolute atomic E-state index is 0.0838. The van der Waals surface area contributed by atoms with Crippen LogP contribution in [0.5, 0.6) is 0 Å². The number of nitrogens with zero attached hydrogens (tertiary/aromatic N) is 1. The smallest absolute Gasteiger partial charge is 0.240 e. The second-order valence-electron chi connectivity index (χ2n) is 4.47. The van der Waals surface area contributed by atoms with E-state index in [-0.39, 0.29) is 24.2 Å². The molecule has 0 aromatic heterocycles. The van der Waals surface area contributed by atoms with Crippen LogP contribution in [0.15, 0.2) is 0 Å². The van der Waals surface area contributed by atoms with Crippen LogP contribution < -0.4 is 5.32 Å². The number of hydrogen-bond donors (Lipinski definition) is 1. The summed E-state index contributed by atoms with van der Waals surface area (Å²) in [5.41, 5.74) is 0. The maximum Gasteiger partial charge on any atom is 0.240 e. The molecule has 0 aromatic rings. The van der Waals surface area contributed by atoms with Crippen LogP contribution in [0.4, 0.5) is 0 Å². The molecule has 1 aliphatic heterocycles. The highest BCUT2D eigenvalue weighted by Crippen LogP contribution is 2.18. The monoisotopic (exact) mass is 246 g/mol. The van der Waals surface area contributed by atoms with E-state index in [0.717, 1.165) is 12.8 Å². The molecule has 0 aliphatic carbocycles. The molecule has 1 fully saturated rings. The average molecular weight is 246 g/mol. The van der Waals surface area contributed by atoms with Crippen molar-refractivity contribution >= 4 is 16.7 Å². The van der Waals surface area contributed by atoms with Crippen molar-refractivity contribution in [2.24, 2.45) is 0 Å². The molecule has 4 unspecified atom stereocenters. The number of hydrogen-bond acceptors (Lipinski definition) is 3. The molecule has 94 valence electrons. The summed E-state index contributed by atoms with van der Waals surface area (Å²) < 4.78 is 11.1. The highest BCUT2D eigenvalue weighted by Gasteiger charge is 2.37. The molecular formula is C11H22N2O2S. The van der Waals surface area contributed by atoms with E-state index < -0.39 is 10.8 Å². The third kappa shape index (κ3) is 3.04. The van der Waals surface area contributed by atoms with Crippen LogP contribution in [0.2, 0.25) is 0 Å². The standard InChI is InChI=1S/C11H22N2O2S/c1-5-10-12-9(3)11(14)13(10)8(2)6-7-16(4)15/h8-10,12H,5-7H2,1-4H3. The number of rotatable bonds is 5. The number of carbonyl (C=O) groups excluding carboxylic acids is 1. The Kier molecular flexibility index (Phi) is 4.92. The molecule has 1 rings (SSSR count). The Morgan fingerprint density at radius 3 is 2.69 bits per heavy atom. The van der Waals surface area contributed by atoms with Crippen LogP contribution in [0, 0.1) is 0 Å². The van der Waals surface area contributed by atoms with Gasteiger partial charge in [0.2, 0.25) is 5.91 Å². The van der Waals surface area contributed by atoms with Crippen molar-refractivity contribution in [3.63, 3.8) is 0 Å². The average Bonchev–Trinajstić information content (AvgIpc) is 2.51. The summed E-state index contributed by atoms with van der Waals surface area (Å²) in [6, 6.07) is 0.0818. The summed E-state index contributed by atoms with van der Waals surface area (Å²) in [4.78, 5) is 13.9. The third-order valence-electron chi connectivity index (χ3n) is 3.09. The first kappa shape index (κ1) is 13.6. The molecule has 4 nitrogen and oxygen atoms in total. The van der Waals surface area contributed by atoms with Crippen molar-refractivity contribution in [3.05, 3.63) is 0 Å². The lowest BCUT2D eigenvalue weighted by Gasteiger charge is -2.29. The van der Waals surface area contributed by atoms with Gasteiger partial charge >= 0.3 is 0 Å². The summed E-state index contributed by atoms with van der Waals surface area (Å²) in [7, 11) is -0.778. The summed E-state index contributed by atoms with van der Waals surface area (Å²) in [5, 5.41) is 3.27. The summed E-state index contributed by atoms with van der Waals surface area (Å²) >= 11 is 0. The minimum atomic E-state index is -0.778. The Bertz CT molecular complexity index is 283. The van der Waals surface area contributed by atoms with E-state index in [2.05, 4.69) is 12.2 Å². The van der Waals surface area contributed by atoms with Gasteiger partial charge in [0, 0.05) is 28.9 Å². The Balaban J connectivity index is 2.61. The molecule has 1 aliphatic rings. The molecule has 0 spiro atoms. The van der Waals surface area contributed by atoms with Crippen LogP contribution in [-0.4, -0.2) is 45.3 Å². The maximum atomic E-state index is 11.9. The molecule has 1 saturated heterocycles. The highest BCUT2D eigenvalue weighted by molar-refractivity contribution is 7.84. The second kappa shape index (κ2) is 5.77. The fourth-order valence-corrected chi connectivity index (χ4v) is 2.80. The van der Waals surface area contributed by atoms with E-state index in [1.165, 1.54) is 0 Å². The molecule has 4 atom stereocenters. The second-order valence-corrected chi connectivity index (χ2v) is 6.03. The van der Waals surface area contributed by atoms with Crippen molar-refractivity contribution in [1.82, 2.24) is 10.2 Å². The normalized spacial score (nSPS) is 29.5. The van der Waals surface area contributed by atoms with Crippen molar-refractivity contribution < 1.29 is 9.00 Å². The van der Waals surface area contributed by atoms with E-state index in [0.29, 0.717) is 5.75 Å². The van der Waals surface area contributed by atoms with Gasteiger partial charge in [-0.3, -0.25) is 14.3 Å². The topological polar surface area (TPSA) is 49.4 Å². The maximum absolute atomic E-state index is 11.9. The van der Waals surface area contributed by atoms with Crippen LogP contribution in [0.3, 0.4) is 0 Å². The molecular weight excluding hydrogens is 224 g/mol. The van der Waals surface area contributed by atoms with Gasteiger partial charge in [0.1, 0.15) is 0 Å². The fraction of sp³-hybridized carbons (Fsp3) is 0.909. The van der Waals surface area contributed by atoms with E-state index in [1.807, 2.05) is 18.7 Å². The SMILES string of the molecule is CCC1NC(C)C(=O)N1C(C)CCS(C)=O. The van der Waals surface area contributed by atoms with Gasteiger partial charge in [-0.15, -0.1) is 0 Å². The van der Waals surface area contributed by atoms with Gasteiger partial charge in [-0.1, -0.05) is 6.92 Å². The zero-order chi connectivity index (χ0) is 12.3. The van der Waals surface area contributed by atoms with Crippen LogP contribution in [0.1, 0.15) is 33.6 Å². The summed E-state index contributed by atoms with van der Waals surface area (Å²) in [6.45, 7) is 6.00. The van der Waals surface area contributed by atoms with Crippen molar-refractivity contribution in [2.45, 2.75) is 51.9 Å². The lowest BCUT2D eigenvalue weighted by Crippen LogP contribution is -2.43. The predicted octanol–water partition coefficient (Wildman–Crippen LogP) is 0.700. The van der Waals surface area contributed by atoms with Gasteiger partial charge in [-0.05, 0) is 26.7 Å². The Morgan fingerprint density at radius 1 is 1.56 bits per heavy atom. The van der Waals surface area contributed by atoms with E-state index >= 15 is 0 Å². The molecule has 5 heteroatoms. The zero-order valence-electron chi connectivity index (χ0n) is 10.5. The van der Waals surface area contributed by atoms with E-state index in [1.54, 1.807) is 6.26 Å². The van der Waals surface area contributed by atoms with Gasteiger partial charge in [0.05, 0.1) is 12.2 Å². The van der Waals surface area contributed by atoms with Crippen molar-refractivity contribution in [2.75, 3.05) is 12.0 Å². The van der Waals surface area contributed by atoms with Crippen LogP contribution in [-0.2, 0) is 15.6 Å². The molecule has 1 N–H and O–H groups in total. The molecule has 1 amide bonds. The molecule has 0 aromatic carbocycles. The first-order chi connectivity index (χ1) is 7.47. The lowest BCUT2D eigenvalue weighted by molar-refractivity contribution is -0.131. The first-order valence-electron chi connectivity index (χ1n) is 5.85. The van der Waals surface area contributed by atoms with Crippen LogP contribution >= 0.6 is 0 Å². The number of amides is 1. The molecule has 16 heavy (non-hydrogen) atoms. The highest BCUT2D eigenvalue weighted by atomic mass is 32.2. The quantitative estimate of drug-likeness (QED) is 0.777. The van der Waals surface area contributed by atoms with Gasteiger partial charge < -0.3 is 4.90 Å². The van der Waals surface area contributed by atoms with Gasteiger partial charge in [-0.25, -0.2) is 0 Å². The number of carbonyl (C=O) groups is 1. The largest absolute Gasteiger partial charge is 0.323 e. The van der Waals surface area contributed by atoms with Gasteiger partial charge in [0.15, 0.2) is 0 Å². The minimum Gasteiger partial charge on any atom is -0.323 e. The molecule has 0 radical (unpaired) electrons. The number of nitrogens with one attached hydrogen (secondary N) is 1. The third-order valence-corrected chi connectivity index (χ3v) is 3.90. The van der Waals surface area contributed by atoms with Crippen molar-refractivity contribution in [3.8, 4) is 0 Å². The Morgan fingerprint density at radius 2 is 2.19 bits per heavy atom. The van der Waals surface area contributed by atoms with Gasteiger partial charge in [0.25, 0.3) is 0 Å². The first-order valence-corrected chi connectivity index (χ1v) is 7.58. The molecule has 0 saturated carbocycles. The summed E-state index contributed by atoms with van der Waals surface area (Å²) in [5.74, 6) is 0.830. The van der Waals surface area contributed by atoms with E-state index in [4.69, 9.17) is 0 Å².